The van der Waals surface area contributed by atoms with Gasteiger partial charge in [-0.2, -0.15) is 0 Å². The fourth-order valence-corrected chi connectivity index (χ4v) is 5.64. The number of hydrogen-bond donors (Lipinski definition) is 1. The van der Waals surface area contributed by atoms with Gasteiger partial charge in [0, 0.05) is 25.3 Å². The normalized spacial score (nSPS) is 12.8. The number of carbonyl (C=O) groups excluding carboxylic acids is 1. The molecule has 1 aliphatic rings. The summed E-state index contributed by atoms with van der Waals surface area (Å²) < 4.78 is 33.3. The van der Waals surface area contributed by atoms with Crippen molar-refractivity contribution in [1.29, 1.82) is 0 Å². The summed E-state index contributed by atoms with van der Waals surface area (Å²) in [5.74, 6) is 0.257. The Morgan fingerprint density at radius 1 is 1.03 bits per heavy atom. The highest BCUT2D eigenvalue weighted by Gasteiger charge is 2.27. The number of hydrogen-bond acceptors (Lipinski definition) is 5. The Kier molecular flexibility index (Phi) is 7.60. The van der Waals surface area contributed by atoms with E-state index in [0.717, 1.165) is 35.8 Å². The molecule has 3 aromatic rings. The molecule has 0 spiro atoms. The van der Waals surface area contributed by atoms with Crippen LogP contribution < -0.4 is 19.3 Å². The maximum Gasteiger partial charge on any atom is 0.264 e. The summed E-state index contributed by atoms with van der Waals surface area (Å²) in [4.78, 5) is 15.3. The minimum absolute atomic E-state index is 0.138. The number of nitrogens with zero attached hydrogens (tertiary/aromatic N) is 2. The van der Waals surface area contributed by atoms with Gasteiger partial charge in [0.15, 0.2) is 0 Å². The number of fused-ring (bicyclic) bond motifs is 1. The van der Waals surface area contributed by atoms with Gasteiger partial charge in [0.25, 0.3) is 10.0 Å². The van der Waals surface area contributed by atoms with Crippen molar-refractivity contribution in [3.8, 4) is 5.75 Å². The van der Waals surface area contributed by atoms with Crippen molar-refractivity contribution in [2.24, 2.45) is 0 Å². The molecule has 1 N–H and O–H groups in total. The number of benzene rings is 3. The monoisotopic (exact) mass is 493 g/mol. The quantitative estimate of drug-likeness (QED) is 0.435. The van der Waals surface area contributed by atoms with Crippen LogP contribution in [0, 0.1) is 6.92 Å². The zero-order chi connectivity index (χ0) is 24.8. The lowest BCUT2D eigenvalue weighted by Crippen LogP contribution is -2.41. The number of aryl methyl sites for hydroxylation is 1. The van der Waals surface area contributed by atoms with Crippen LogP contribution in [0.5, 0.6) is 5.75 Å². The number of nitrogens with one attached hydrogen (secondary N) is 1. The van der Waals surface area contributed by atoms with Gasteiger partial charge < -0.3 is 15.0 Å². The van der Waals surface area contributed by atoms with Crippen LogP contribution >= 0.6 is 0 Å². The van der Waals surface area contributed by atoms with Gasteiger partial charge in [0.05, 0.1) is 17.7 Å². The molecule has 0 radical (unpaired) electrons. The summed E-state index contributed by atoms with van der Waals surface area (Å²) in [6, 6.07) is 21.6. The molecule has 0 aliphatic carbocycles. The number of para-hydroxylation sites is 1. The maximum atomic E-state index is 13.5. The van der Waals surface area contributed by atoms with E-state index in [4.69, 9.17) is 4.74 Å². The van der Waals surface area contributed by atoms with Gasteiger partial charge in [-0.15, -0.1) is 0 Å². The predicted molar refractivity (Wildman–Crippen MR) is 139 cm³/mol. The molecule has 35 heavy (non-hydrogen) atoms. The molecule has 184 valence electrons. The Balaban J connectivity index is 1.41. The van der Waals surface area contributed by atoms with Crippen molar-refractivity contribution in [3.05, 3.63) is 83.9 Å². The van der Waals surface area contributed by atoms with E-state index in [1.807, 2.05) is 13.0 Å². The molecule has 3 aromatic carbocycles. The Morgan fingerprint density at radius 2 is 1.74 bits per heavy atom. The van der Waals surface area contributed by atoms with Crippen molar-refractivity contribution in [3.63, 3.8) is 0 Å². The van der Waals surface area contributed by atoms with E-state index in [0.29, 0.717) is 18.0 Å². The first-order valence-electron chi connectivity index (χ1n) is 11.7. The van der Waals surface area contributed by atoms with E-state index in [1.54, 1.807) is 55.6 Å². The van der Waals surface area contributed by atoms with E-state index in [-0.39, 0.29) is 17.3 Å². The van der Waals surface area contributed by atoms with Crippen molar-refractivity contribution in [2.45, 2.75) is 24.7 Å². The lowest BCUT2D eigenvalue weighted by Gasteiger charge is -2.24. The third-order valence-electron chi connectivity index (χ3n) is 6.17. The number of rotatable bonds is 10. The summed E-state index contributed by atoms with van der Waals surface area (Å²) in [5, 5.41) is 2.89. The highest BCUT2D eigenvalue weighted by Crippen LogP contribution is 2.28. The highest BCUT2D eigenvalue weighted by molar-refractivity contribution is 7.92. The number of carbonyl (C=O) groups is 1. The van der Waals surface area contributed by atoms with Crippen LogP contribution in [0.2, 0.25) is 0 Å². The zero-order valence-corrected chi connectivity index (χ0v) is 20.9. The minimum atomic E-state index is -3.94. The Bertz CT molecular complexity index is 1260. The molecule has 0 saturated heterocycles. The second kappa shape index (κ2) is 10.8. The van der Waals surface area contributed by atoms with Crippen LogP contribution in [0.3, 0.4) is 0 Å². The molecule has 0 aromatic heterocycles. The topological polar surface area (TPSA) is 79.0 Å². The first kappa shape index (κ1) is 24.6. The summed E-state index contributed by atoms with van der Waals surface area (Å²) in [5.41, 5.74) is 3.97. The van der Waals surface area contributed by atoms with Gasteiger partial charge in [-0.05, 0) is 67.8 Å². The van der Waals surface area contributed by atoms with Gasteiger partial charge in [-0.1, -0.05) is 35.9 Å². The predicted octanol–water partition coefficient (Wildman–Crippen LogP) is 3.77. The van der Waals surface area contributed by atoms with Crippen LogP contribution in [-0.4, -0.2) is 47.6 Å². The zero-order valence-electron chi connectivity index (χ0n) is 20.1. The minimum Gasteiger partial charge on any atom is -0.497 e. The average Bonchev–Trinajstić information content (AvgIpc) is 3.28. The lowest BCUT2D eigenvalue weighted by atomic mass is 10.2. The summed E-state index contributed by atoms with van der Waals surface area (Å²) in [7, 11) is -2.39. The highest BCUT2D eigenvalue weighted by atomic mass is 32.2. The van der Waals surface area contributed by atoms with Crippen molar-refractivity contribution in [2.75, 3.05) is 42.5 Å². The SMILES string of the molecule is COc1ccc(N(CC(=O)NCCCN2CCc3ccccc32)S(=O)(=O)c2ccc(C)cc2)cc1. The Labute approximate surface area is 207 Å². The molecule has 0 unspecified atom stereocenters. The largest absolute Gasteiger partial charge is 0.497 e. The van der Waals surface area contributed by atoms with Gasteiger partial charge in [-0.3, -0.25) is 9.10 Å². The molecule has 0 atom stereocenters. The lowest BCUT2D eigenvalue weighted by molar-refractivity contribution is -0.119. The third kappa shape index (κ3) is 5.77. The summed E-state index contributed by atoms with van der Waals surface area (Å²) in [6.45, 7) is 3.87. The van der Waals surface area contributed by atoms with Crippen LogP contribution in [0.4, 0.5) is 11.4 Å². The van der Waals surface area contributed by atoms with E-state index >= 15 is 0 Å². The molecule has 0 saturated carbocycles. The van der Waals surface area contributed by atoms with Crippen LogP contribution in [0.15, 0.2) is 77.7 Å². The van der Waals surface area contributed by atoms with E-state index in [9.17, 15) is 13.2 Å². The van der Waals surface area contributed by atoms with Gasteiger partial charge in [-0.25, -0.2) is 8.42 Å². The van der Waals surface area contributed by atoms with Crippen molar-refractivity contribution in [1.82, 2.24) is 5.32 Å². The fourth-order valence-electron chi connectivity index (χ4n) is 4.22. The molecule has 8 heteroatoms. The fraction of sp³-hybridized carbons (Fsp3) is 0.296. The second-order valence-electron chi connectivity index (χ2n) is 8.59. The van der Waals surface area contributed by atoms with Crippen LogP contribution in [0.1, 0.15) is 17.5 Å². The number of anilines is 2. The molecule has 0 fully saturated rings. The smallest absolute Gasteiger partial charge is 0.264 e. The van der Waals surface area contributed by atoms with Gasteiger partial charge >= 0.3 is 0 Å². The standard InChI is InChI=1S/C27H31N3O4S/c1-21-8-14-25(15-9-21)35(32,33)30(23-10-12-24(34-2)13-11-23)20-27(31)28-17-5-18-29-19-16-22-6-3-4-7-26(22)29/h3-4,6-15H,5,16-20H2,1-2H3,(H,28,31). The van der Waals surface area contributed by atoms with Crippen LogP contribution in [0.25, 0.3) is 0 Å². The van der Waals surface area contributed by atoms with E-state index in [1.165, 1.54) is 11.3 Å². The molecule has 0 bridgehead atoms. The maximum absolute atomic E-state index is 13.5. The molecular weight excluding hydrogens is 462 g/mol. The summed E-state index contributed by atoms with van der Waals surface area (Å²) in [6.07, 6.45) is 1.81. The van der Waals surface area contributed by atoms with Gasteiger partial charge in [0.1, 0.15) is 12.3 Å². The number of methoxy groups -OCH3 is 1. The first-order valence-corrected chi connectivity index (χ1v) is 13.2. The first-order chi connectivity index (χ1) is 16.9. The van der Waals surface area contributed by atoms with E-state index < -0.39 is 10.0 Å². The molecule has 1 aliphatic heterocycles. The number of ether oxygens (including phenoxy) is 1. The second-order valence-corrected chi connectivity index (χ2v) is 10.5. The van der Waals surface area contributed by atoms with Crippen molar-refractivity contribution < 1.29 is 17.9 Å². The molecule has 4 rings (SSSR count). The summed E-state index contributed by atoms with van der Waals surface area (Å²) >= 11 is 0. The average molecular weight is 494 g/mol. The van der Waals surface area contributed by atoms with Crippen molar-refractivity contribution >= 4 is 27.3 Å². The van der Waals surface area contributed by atoms with E-state index in [2.05, 4.69) is 28.4 Å². The van der Waals surface area contributed by atoms with Crippen LogP contribution in [-0.2, 0) is 21.2 Å². The molecule has 7 nitrogen and oxygen atoms in total. The number of amides is 1. The molecular formula is C27H31N3O4S. The number of sulfonamides is 1. The van der Waals surface area contributed by atoms with Gasteiger partial charge in [0.2, 0.25) is 5.91 Å². The Hall–Kier alpha value is -3.52. The third-order valence-corrected chi connectivity index (χ3v) is 7.96. The Morgan fingerprint density at radius 3 is 2.46 bits per heavy atom. The molecule has 1 heterocycles. The molecule has 1 amide bonds.